The van der Waals surface area contributed by atoms with Crippen LogP contribution >= 0.6 is 11.8 Å². The molecule has 7 atom stereocenters. The first-order valence-electron chi connectivity index (χ1n) is 17.0. The van der Waals surface area contributed by atoms with Crippen molar-refractivity contribution < 1.29 is 33.5 Å². The van der Waals surface area contributed by atoms with E-state index in [0.29, 0.717) is 6.61 Å². The van der Waals surface area contributed by atoms with E-state index in [0.717, 1.165) is 29.3 Å². The van der Waals surface area contributed by atoms with Crippen LogP contribution in [-0.2, 0) is 28.4 Å². The second-order valence-electron chi connectivity index (χ2n) is 15.0. The maximum atomic E-state index is 13.1. The standard InChI is InChI=1S/C39H54O7SSi/c1-8-33-37(45-29-42-24-26-48(5,6)7,27-43-35(46-33)30-15-11-9-12-16-30)21-22-39(40)34(44-28-41-4)32-19-20-38(39,36(32,2)3)23-25-47-31-17-13-10-14-18-31/h8-18,21-23,25,32-35,40H,1,19-20,24,26-29H2,2-7H3/b22-21-,25-23-/t32-,33-,34-,35+,37+,38-,39+/m1/s1. The number of rotatable bonds is 16. The van der Waals surface area contributed by atoms with Crippen molar-refractivity contribution >= 4 is 19.8 Å². The first-order valence-corrected chi connectivity index (χ1v) is 21.6. The number of methoxy groups -OCH3 is 1. The molecule has 1 aliphatic heterocycles. The number of thioether (sulfide) groups is 1. The van der Waals surface area contributed by atoms with Gasteiger partial charge in [0.25, 0.3) is 0 Å². The summed E-state index contributed by atoms with van der Waals surface area (Å²) in [6, 6.07) is 21.2. The Morgan fingerprint density at radius 3 is 2.38 bits per heavy atom. The highest BCUT2D eigenvalue weighted by atomic mass is 32.2. The molecule has 1 heterocycles. The highest BCUT2D eigenvalue weighted by Crippen LogP contribution is 2.71. The molecule has 3 fully saturated rings. The van der Waals surface area contributed by atoms with E-state index in [4.69, 9.17) is 28.4 Å². The van der Waals surface area contributed by atoms with Crippen molar-refractivity contribution in [2.45, 2.75) is 87.0 Å². The van der Waals surface area contributed by atoms with Crippen LogP contribution in [0.1, 0.15) is 38.5 Å². The van der Waals surface area contributed by atoms with Crippen molar-refractivity contribution in [2.75, 3.05) is 33.9 Å². The van der Waals surface area contributed by atoms with Gasteiger partial charge < -0.3 is 33.5 Å². The van der Waals surface area contributed by atoms with Crippen molar-refractivity contribution in [3.8, 4) is 0 Å². The van der Waals surface area contributed by atoms with Gasteiger partial charge in [-0.3, -0.25) is 0 Å². The largest absolute Gasteiger partial charge is 0.382 e. The first-order chi connectivity index (χ1) is 22.9. The lowest BCUT2D eigenvalue weighted by atomic mass is 9.62. The van der Waals surface area contributed by atoms with Gasteiger partial charge in [0.1, 0.15) is 30.9 Å². The number of hydrogen-bond acceptors (Lipinski definition) is 8. The van der Waals surface area contributed by atoms with Crippen LogP contribution in [0.25, 0.3) is 0 Å². The Balaban J connectivity index is 1.50. The van der Waals surface area contributed by atoms with Crippen LogP contribution in [0, 0.1) is 16.7 Å². The van der Waals surface area contributed by atoms with Gasteiger partial charge in [-0.2, -0.15) is 0 Å². The summed E-state index contributed by atoms with van der Waals surface area (Å²) in [5.74, 6) is 0.104. The number of benzene rings is 2. The topological polar surface area (TPSA) is 75.6 Å². The average Bonchev–Trinajstić information content (AvgIpc) is 3.40. The van der Waals surface area contributed by atoms with Crippen LogP contribution in [0.5, 0.6) is 0 Å². The Labute approximate surface area is 292 Å². The summed E-state index contributed by atoms with van der Waals surface area (Å²) in [6.07, 6.45) is 7.85. The van der Waals surface area contributed by atoms with Gasteiger partial charge in [0.15, 0.2) is 6.29 Å². The fourth-order valence-corrected chi connectivity index (χ4v) is 9.31. The summed E-state index contributed by atoms with van der Waals surface area (Å²) in [4.78, 5) is 1.14. The van der Waals surface area contributed by atoms with Crippen molar-refractivity contribution in [3.63, 3.8) is 0 Å². The molecule has 2 aromatic carbocycles. The molecule has 3 aliphatic rings. The van der Waals surface area contributed by atoms with Crippen molar-refractivity contribution in [1.82, 2.24) is 0 Å². The van der Waals surface area contributed by atoms with E-state index in [-0.39, 0.29) is 31.5 Å². The van der Waals surface area contributed by atoms with Crippen LogP contribution < -0.4 is 0 Å². The minimum atomic E-state index is -1.39. The fourth-order valence-electron chi connectivity index (χ4n) is 7.78. The van der Waals surface area contributed by atoms with Gasteiger partial charge in [-0.05, 0) is 53.8 Å². The fraction of sp³-hybridized carbons (Fsp3) is 0.538. The highest BCUT2D eigenvalue weighted by Gasteiger charge is 2.74. The Morgan fingerprint density at radius 2 is 1.71 bits per heavy atom. The molecule has 2 saturated carbocycles. The lowest BCUT2D eigenvalue weighted by molar-refractivity contribution is -0.292. The highest BCUT2D eigenvalue weighted by molar-refractivity contribution is 8.02. The third-order valence-electron chi connectivity index (χ3n) is 10.6. The number of hydrogen-bond donors (Lipinski definition) is 1. The van der Waals surface area contributed by atoms with Crippen molar-refractivity contribution in [3.05, 3.63) is 103 Å². The minimum Gasteiger partial charge on any atom is -0.382 e. The van der Waals surface area contributed by atoms with Gasteiger partial charge in [-0.1, -0.05) is 112 Å². The maximum Gasteiger partial charge on any atom is 0.184 e. The molecule has 2 aliphatic carbocycles. The smallest absolute Gasteiger partial charge is 0.184 e. The van der Waals surface area contributed by atoms with Crippen molar-refractivity contribution in [1.29, 1.82) is 0 Å². The Bertz CT molecular complexity index is 1400. The minimum absolute atomic E-state index is 0.0524. The second kappa shape index (κ2) is 15.5. The van der Waals surface area contributed by atoms with E-state index in [2.05, 4.69) is 63.7 Å². The average molecular weight is 695 g/mol. The zero-order valence-electron chi connectivity index (χ0n) is 29.4. The monoisotopic (exact) mass is 694 g/mol. The van der Waals surface area contributed by atoms with Crippen LogP contribution in [-0.4, -0.2) is 70.5 Å². The molecule has 0 spiro atoms. The third kappa shape index (κ3) is 7.50. The SMILES string of the molecule is C=C[C@H]1O[C@@H](c2ccccc2)OC[C@]1(/C=C\[C@]1(O)[C@H](OCOC)[C@H]2CC[C@@]1(/C=C\Sc1ccccc1)C2(C)C)OCOCC[Si](C)(C)C. The van der Waals surface area contributed by atoms with E-state index >= 15 is 0 Å². The molecule has 1 saturated heterocycles. The van der Waals surface area contributed by atoms with Gasteiger partial charge in [0.2, 0.25) is 0 Å². The number of ether oxygens (including phenoxy) is 6. The Hall–Kier alpha value is -2.05. The summed E-state index contributed by atoms with van der Waals surface area (Å²) in [5, 5.41) is 15.2. The Morgan fingerprint density at radius 1 is 1.00 bits per heavy atom. The summed E-state index contributed by atoms with van der Waals surface area (Å²) in [6.45, 7) is 16.5. The van der Waals surface area contributed by atoms with Gasteiger partial charge in [0.05, 0.1) is 12.7 Å². The van der Waals surface area contributed by atoms with Crippen LogP contribution in [0.2, 0.25) is 25.7 Å². The molecule has 0 amide bonds. The summed E-state index contributed by atoms with van der Waals surface area (Å²) in [5.41, 5.74) is -2.48. The molecule has 1 N–H and O–H groups in total. The first kappa shape index (κ1) is 37.2. The molecule has 48 heavy (non-hydrogen) atoms. The normalized spacial score (nSPS) is 33.1. The number of fused-ring (bicyclic) bond motifs is 2. The molecule has 9 heteroatoms. The summed E-state index contributed by atoms with van der Waals surface area (Å²) in [7, 11) is 0.327. The van der Waals surface area contributed by atoms with Crippen LogP contribution in [0.15, 0.2) is 102 Å². The van der Waals surface area contributed by atoms with E-state index in [1.807, 2.05) is 60.7 Å². The van der Waals surface area contributed by atoms with E-state index in [9.17, 15) is 5.11 Å². The van der Waals surface area contributed by atoms with E-state index in [1.165, 1.54) is 0 Å². The van der Waals surface area contributed by atoms with E-state index < -0.39 is 43.2 Å². The van der Waals surface area contributed by atoms with Crippen LogP contribution in [0.3, 0.4) is 0 Å². The molecular weight excluding hydrogens is 641 g/mol. The zero-order valence-corrected chi connectivity index (χ0v) is 31.2. The maximum absolute atomic E-state index is 13.1. The predicted octanol–water partition coefficient (Wildman–Crippen LogP) is 8.37. The van der Waals surface area contributed by atoms with Gasteiger partial charge in [-0.15, -0.1) is 6.58 Å². The Kier molecular flexibility index (Phi) is 12.0. The quantitative estimate of drug-likeness (QED) is 0.0618. The molecule has 2 aromatic rings. The van der Waals surface area contributed by atoms with Gasteiger partial charge in [-0.25, -0.2) is 0 Å². The molecule has 0 aromatic heterocycles. The van der Waals surface area contributed by atoms with Crippen molar-refractivity contribution in [2.24, 2.45) is 16.7 Å². The lowest BCUT2D eigenvalue weighted by Crippen LogP contribution is -2.56. The molecule has 0 radical (unpaired) electrons. The molecule has 262 valence electrons. The molecule has 5 rings (SSSR count). The summed E-state index contributed by atoms with van der Waals surface area (Å²) < 4.78 is 37.2. The van der Waals surface area contributed by atoms with Gasteiger partial charge in [0, 0.05) is 37.7 Å². The molecule has 2 bridgehead atoms. The van der Waals surface area contributed by atoms with Crippen LogP contribution in [0.4, 0.5) is 0 Å². The zero-order chi connectivity index (χ0) is 34.5. The number of aliphatic hydroxyl groups is 1. The molecular formula is C39H54O7SSi. The molecule has 0 unspecified atom stereocenters. The summed E-state index contributed by atoms with van der Waals surface area (Å²) >= 11 is 1.65. The van der Waals surface area contributed by atoms with Gasteiger partial charge >= 0.3 is 0 Å². The molecule has 7 nitrogen and oxygen atoms in total. The van der Waals surface area contributed by atoms with E-state index in [1.54, 1.807) is 24.9 Å². The lowest BCUT2D eigenvalue weighted by Gasteiger charge is -2.48. The second-order valence-corrected chi connectivity index (χ2v) is 21.6. The third-order valence-corrected chi connectivity index (χ3v) is 13.2. The predicted molar refractivity (Wildman–Crippen MR) is 194 cm³/mol.